The second kappa shape index (κ2) is 5.80. The second-order valence-electron chi connectivity index (χ2n) is 4.27. The van der Waals surface area contributed by atoms with Gasteiger partial charge in [-0.05, 0) is 12.8 Å². The third-order valence-corrected chi connectivity index (χ3v) is 6.64. The molecule has 0 amide bonds. The van der Waals surface area contributed by atoms with Crippen molar-refractivity contribution in [3.8, 4) is 0 Å². The number of aliphatic hydroxyl groups excluding tert-OH is 1. The van der Waals surface area contributed by atoms with E-state index in [2.05, 4.69) is 6.92 Å². The topological polar surface area (TPSA) is 29.5 Å². The summed E-state index contributed by atoms with van der Waals surface area (Å²) in [7, 11) is 0. The minimum atomic E-state index is -0.157. The molecule has 2 aliphatic heterocycles. The van der Waals surface area contributed by atoms with Gasteiger partial charge in [-0.1, -0.05) is 6.92 Å². The van der Waals surface area contributed by atoms with Crippen LogP contribution in [0.25, 0.3) is 0 Å². The Kier molecular flexibility index (Phi) is 4.68. The summed E-state index contributed by atoms with van der Waals surface area (Å²) in [6, 6.07) is 0. The summed E-state index contributed by atoms with van der Waals surface area (Å²) in [5.74, 6) is 2.82. The highest BCUT2D eigenvalue weighted by molar-refractivity contribution is 8.07. The maximum Gasteiger partial charge on any atom is 0.0720 e. The molecular weight excluding hydrogens is 228 g/mol. The molecule has 88 valence electrons. The average Bonchev–Trinajstić information content (AvgIpc) is 2.81. The summed E-state index contributed by atoms with van der Waals surface area (Å²) in [4.78, 5) is 0. The standard InChI is InChI=1S/C11H20O2S2/c1-2-9-11(15-6-5-14-9)10(12)8-3-4-13-7-8/h8-12H,2-7H2,1H3. The van der Waals surface area contributed by atoms with Crippen molar-refractivity contribution < 1.29 is 9.84 Å². The zero-order valence-corrected chi connectivity index (χ0v) is 10.9. The second-order valence-corrected chi connectivity index (χ2v) is 6.90. The summed E-state index contributed by atoms with van der Waals surface area (Å²) in [6.45, 7) is 3.83. The maximum absolute atomic E-state index is 10.4. The molecule has 0 bridgehead atoms. The highest BCUT2D eigenvalue weighted by Gasteiger charge is 2.36. The molecule has 0 spiro atoms. The number of ether oxygens (including phenoxy) is 1. The number of thioether (sulfide) groups is 2. The Hall–Kier alpha value is 0.620. The van der Waals surface area contributed by atoms with E-state index in [-0.39, 0.29) is 6.10 Å². The summed E-state index contributed by atoms with van der Waals surface area (Å²) in [6.07, 6.45) is 2.06. The van der Waals surface area contributed by atoms with Gasteiger partial charge in [-0.25, -0.2) is 0 Å². The van der Waals surface area contributed by atoms with Gasteiger partial charge in [0.2, 0.25) is 0 Å². The van der Waals surface area contributed by atoms with E-state index in [1.807, 2.05) is 23.5 Å². The van der Waals surface area contributed by atoms with Crippen molar-refractivity contribution in [3.05, 3.63) is 0 Å². The van der Waals surface area contributed by atoms with Crippen LogP contribution in [0.15, 0.2) is 0 Å². The Bertz CT molecular complexity index is 195. The zero-order valence-electron chi connectivity index (χ0n) is 9.22. The highest BCUT2D eigenvalue weighted by Crippen LogP contribution is 2.38. The fourth-order valence-corrected chi connectivity index (χ4v) is 5.57. The van der Waals surface area contributed by atoms with Crippen LogP contribution in [0.2, 0.25) is 0 Å². The molecule has 2 rings (SSSR count). The molecule has 4 unspecified atom stereocenters. The van der Waals surface area contributed by atoms with Gasteiger partial charge < -0.3 is 9.84 Å². The molecule has 0 saturated carbocycles. The Morgan fingerprint density at radius 3 is 2.87 bits per heavy atom. The molecule has 1 N–H and O–H groups in total. The lowest BCUT2D eigenvalue weighted by Crippen LogP contribution is -2.40. The summed E-state index contributed by atoms with van der Waals surface area (Å²) in [5, 5.41) is 11.4. The minimum Gasteiger partial charge on any atom is -0.392 e. The molecule has 0 radical (unpaired) electrons. The van der Waals surface area contributed by atoms with E-state index in [0.29, 0.717) is 16.4 Å². The van der Waals surface area contributed by atoms with E-state index in [1.165, 1.54) is 17.9 Å². The third-order valence-electron chi connectivity index (χ3n) is 3.28. The summed E-state index contributed by atoms with van der Waals surface area (Å²) >= 11 is 4.00. The molecule has 4 heteroatoms. The van der Waals surface area contributed by atoms with Crippen LogP contribution >= 0.6 is 23.5 Å². The Morgan fingerprint density at radius 1 is 1.40 bits per heavy atom. The zero-order chi connectivity index (χ0) is 10.7. The van der Waals surface area contributed by atoms with Gasteiger partial charge in [0.15, 0.2) is 0 Å². The van der Waals surface area contributed by atoms with Crippen LogP contribution in [0.5, 0.6) is 0 Å². The van der Waals surface area contributed by atoms with Crippen molar-refractivity contribution in [1.82, 2.24) is 0 Å². The van der Waals surface area contributed by atoms with Crippen molar-refractivity contribution in [1.29, 1.82) is 0 Å². The maximum atomic E-state index is 10.4. The molecule has 2 saturated heterocycles. The number of hydrogen-bond acceptors (Lipinski definition) is 4. The van der Waals surface area contributed by atoms with Crippen LogP contribution in [0.3, 0.4) is 0 Å². The highest BCUT2D eigenvalue weighted by atomic mass is 32.2. The van der Waals surface area contributed by atoms with E-state index in [1.54, 1.807) is 0 Å². The molecule has 0 aliphatic carbocycles. The average molecular weight is 248 g/mol. The van der Waals surface area contributed by atoms with Gasteiger partial charge in [-0.2, -0.15) is 23.5 Å². The van der Waals surface area contributed by atoms with Gasteiger partial charge in [0.05, 0.1) is 12.7 Å². The van der Waals surface area contributed by atoms with Crippen molar-refractivity contribution in [2.75, 3.05) is 24.7 Å². The Morgan fingerprint density at radius 2 is 2.20 bits per heavy atom. The normalized spacial score (nSPS) is 39.2. The minimum absolute atomic E-state index is 0.157. The molecular formula is C11H20O2S2. The van der Waals surface area contributed by atoms with Crippen LogP contribution < -0.4 is 0 Å². The van der Waals surface area contributed by atoms with Crippen LogP contribution in [-0.4, -0.2) is 46.4 Å². The van der Waals surface area contributed by atoms with E-state index in [0.717, 1.165) is 19.6 Å². The molecule has 2 heterocycles. The van der Waals surface area contributed by atoms with Gasteiger partial charge in [0, 0.05) is 34.5 Å². The van der Waals surface area contributed by atoms with E-state index < -0.39 is 0 Å². The third kappa shape index (κ3) is 2.84. The first-order valence-electron chi connectivity index (χ1n) is 5.82. The van der Waals surface area contributed by atoms with Crippen LogP contribution in [0.4, 0.5) is 0 Å². The van der Waals surface area contributed by atoms with Gasteiger partial charge in [0.1, 0.15) is 0 Å². The fraction of sp³-hybridized carbons (Fsp3) is 1.00. The first-order valence-corrected chi connectivity index (χ1v) is 7.91. The monoisotopic (exact) mass is 248 g/mol. The fourth-order valence-electron chi connectivity index (χ4n) is 2.34. The van der Waals surface area contributed by atoms with Crippen LogP contribution in [0, 0.1) is 5.92 Å². The lowest BCUT2D eigenvalue weighted by atomic mass is 9.96. The van der Waals surface area contributed by atoms with Gasteiger partial charge >= 0.3 is 0 Å². The summed E-state index contributed by atoms with van der Waals surface area (Å²) in [5.41, 5.74) is 0. The predicted octanol–water partition coefficient (Wildman–Crippen LogP) is 2.01. The number of hydrogen-bond donors (Lipinski definition) is 1. The molecule has 2 nitrogen and oxygen atoms in total. The van der Waals surface area contributed by atoms with Crippen molar-refractivity contribution >= 4 is 23.5 Å². The number of aliphatic hydroxyl groups is 1. The van der Waals surface area contributed by atoms with E-state index in [4.69, 9.17) is 4.74 Å². The Labute approximate surface area is 101 Å². The van der Waals surface area contributed by atoms with Crippen LogP contribution in [0.1, 0.15) is 19.8 Å². The SMILES string of the molecule is CCC1SCCSC1C(O)C1CCOC1. The van der Waals surface area contributed by atoms with Crippen molar-refractivity contribution in [2.24, 2.45) is 5.92 Å². The molecule has 2 fully saturated rings. The molecule has 2 aliphatic rings. The van der Waals surface area contributed by atoms with Gasteiger partial charge in [-0.15, -0.1) is 0 Å². The lowest BCUT2D eigenvalue weighted by molar-refractivity contribution is 0.0886. The lowest BCUT2D eigenvalue weighted by Gasteiger charge is -2.35. The van der Waals surface area contributed by atoms with Gasteiger partial charge in [0.25, 0.3) is 0 Å². The largest absolute Gasteiger partial charge is 0.392 e. The van der Waals surface area contributed by atoms with Gasteiger partial charge in [-0.3, -0.25) is 0 Å². The predicted molar refractivity (Wildman–Crippen MR) is 67.7 cm³/mol. The number of rotatable bonds is 3. The first kappa shape index (κ1) is 12.1. The first-order chi connectivity index (χ1) is 7.33. The van der Waals surface area contributed by atoms with Crippen molar-refractivity contribution in [2.45, 2.75) is 36.4 Å². The van der Waals surface area contributed by atoms with E-state index >= 15 is 0 Å². The van der Waals surface area contributed by atoms with Crippen LogP contribution in [-0.2, 0) is 4.74 Å². The Balaban J connectivity index is 1.93. The molecule has 15 heavy (non-hydrogen) atoms. The summed E-state index contributed by atoms with van der Waals surface area (Å²) < 4.78 is 5.36. The molecule has 0 aromatic carbocycles. The smallest absolute Gasteiger partial charge is 0.0720 e. The molecule has 0 aromatic heterocycles. The van der Waals surface area contributed by atoms with Crippen molar-refractivity contribution in [3.63, 3.8) is 0 Å². The molecule has 4 atom stereocenters. The molecule has 0 aromatic rings. The van der Waals surface area contributed by atoms with E-state index in [9.17, 15) is 5.11 Å². The quantitative estimate of drug-likeness (QED) is 0.827.